The first-order valence-electron chi connectivity index (χ1n) is 7.64. The van der Waals surface area contributed by atoms with E-state index in [4.69, 9.17) is 4.74 Å². The van der Waals surface area contributed by atoms with Gasteiger partial charge in [0.25, 0.3) is 5.91 Å². The molecule has 0 saturated carbocycles. The van der Waals surface area contributed by atoms with Gasteiger partial charge in [0.05, 0.1) is 7.11 Å². The van der Waals surface area contributed by atoms with Crippen LogP contribution in [-0.2, 0) is 11.2 Å². The predicted molar refractivity (Wildman–Crippen MR) is 99.0 cm³/mol. The first-order valence-corrected chi connectivity index (χ1v) is 8.43. The van der Waals surface area contributed by atoms with Gasteiger partial charge in [-0.05, 0) is 41.8 Å². The summed E-state index contributed by atoms with van der Waals surface area (Å²) in [6, 6.07) is 15.6. The summed E-state index contributed by atoms with van der Waals surface area (Å²) in [4.78, 5) is 16.5. The molecule has 2 aromatic carbocycles. The number of carbonyl (C=O) groups excluding carboxylic acids is 1. The summed E-state index contributed by atoms with van der Waals surface area (Å²) >= 11 is 3.43. The summed E-state index contributed by atoms with van der Waals surface area (Å²) in [5.74, 6) is 1.38. The zero-order chi connectivity index (χ0) is 16.9. The Bertz CT molecular complexity index is 828. The van der Waals surface area contributed by atoms with E-state index in [-0.39, 0.29) is 5.91 Å². The van der Waals surface area contributed by atoms with Crippen LogP contribution in [0.3, 0.4) is 0 Å². The van der Waals surface area contributed by atoms with Crippen LogP contribution in [0.4, 0.5) is 0 Å². The van der Waals surface area contributed by atoms with Crippen molar-refractivity contribution in [3.8, 4) is 5.75 Å². The van der Waals surface area contributed by atoms with Crippen LogP contribution < -0.4 is 10.1 Å². The first kappa shape index (κ1) is 16.5. The van der Waals surface area contributed by atoms with Gasteiger partial charge in [0.2, 0.25) is 0 Å². The first-order chi connectivity index (χ1) is 11.7. The molecule has 0 bridgehead atoms. The van der Waals surface area contributed by atoms with Crippen molar-refractivity contribution < 1.29 is 9.53 Å². The molecule has 0 fully saturated rings. The number of hydrogen-bond acceptors (Lipinski definition) is 3. The summed E-state index contributed by atoms with van der Waals surface area (Å²) in [7, 11) is 1.66. The van der Waals surface area contributed by atoms with Gasteiger partial charge in [-0.15, -0.1) is 0 Å². The monoisotopic (exact) mass is 384 g/mol. The lowest BCUT2D eigenvalue weighted by molar-refractivity contribution is -0.115. The van der Waals surface area contributed by atoms with Gasteiger partial charge in [-0.25, -0.2) is 4.99 Å². The van der Waals surface area contributed by atoms with E-state index in [1.54, 1.807) is 13.2 Å². The Hall–Kier alpha value is -2.40. The number of aliphatic imine (C=N–C) groups is 1. The maximum absolute atomic E-state index is 12.1. The van der Waals surface area contributed by atoms with Crippen LogP contribution in [0.2, 0.25) is 0 Å². The number of carbonyl (C=O) groups is 1. The Kier molecular flexibility index (Phi) is 5.11. The largest absolute Gasteiger partial charge is 0.496 e. The van der Waals surface area contributed by atoms with Crippen molar-refractivity contribution in [1.29, 1.82) is 0 Å². The highest BCUT2D eigenvalue weighted by Gasteiger charge is 2.19. The third kappa shape index (κ3) is 3.92. The number of halogens is 1. The third-order valence-corrected chi connectivity index (χ3v) is 4.21. The fourth-order valence-corrected chi connectivity index (χ4v) is 2.97. The topological polar surface area (TPSA) is 50.7 Å². The number of nitrogens with one attached hydrogen (secondary N) is 1. The van der Waals surface area contributed by atoms with Gasteiger partial charge >= 0.3 is 0 Å². The molecule has 0 radical (unpaired) electrons. The summed E-state index contributed by atoms with van der Waals surface area (Å²) in [6.45, 7) is 0. The molecule has 3 rings (SSSR count). The second-order valence-electron chi connectivity index (χ2n) is 5.41. The highest BCUT2D eigenvalue weighted by molar-refractivity contribution is 9.10. The molecule has 0 atom stereocenters. The van der Waals surface area contributed by atoms with E-state index in [0.717, 1.165) is 27.8 Å². The highest BCUT2D eigenvalue weighted by atomic mass is 79.9. The number of nitrogens with zero attached hydrogens (tertiary/aromatic N) is 1. The van der Waals surface area contributed by atoms with Crippen LogP contribution in [0.25, 0.3) is 6.08 Å². The Morgan fingerprint density at radius 3 is 2.79 bits per heavy atom. The molecule has 0 spiro atoms. The molecule has 1 N–H and O–H groups in total. The lowest BCUT2D eigenvalue weighted by atomic mass is 10.1. The second kappa shape index (κ2) is 7.45. The summed E-state index contributed by atoms with van der Waals surface area (Å²) in [5, 5.41) is 2.84. The number of amides is 1. The van der Waals surface area contributed by atoms with Gasteiger partial charge < -0.3 is 10.1 Å². The van der Waals surface area contributed by atoms with E-state index in [2.05, 4.69) is 26.2 Å². The van der Waals surface area contributed by atoms with Gasteiger partial charge in [-0.1, -0.05) is 46.3 Å². The summed E-state index contributed by atoms with van der Waals surface area (Å²) in [5.41, 5.74) is 2.47. The summed E-state index contributed by atoms with van der Waals surface area (Å²) < 4.78 is 6.32. The Labute approximate surface area is 149 Å². The Morgan fingerprint density at radius 2 is 2.00 bits per heavy atom. The SMILES string of the molecule is COc1ccccc1CCC1=N/C(=C/c2cccc(Br)c2)C(=O)N1. The highest BCUT2D eigenvalue weighted by Crippen LogP contribution is 2.21. The van der Waals surface area contributed by atoms with E-state index in [9.17, 15) is 4.79 Å². The number of ether oxygens (including phenoxy) is 1. The number of para-hydroxylation sites is 1. The fourth-order valence-electron chi connectivity index (χ4n) is 2.55. The van der Waals surface area contributed by atoms with Crippen LogP contribution in [0, 0.1) is 0 Å². The van der Waals surface area contributed by atoms with E-state index in [1.807, 2.05) is 48.5 Å². The quantitative estimate of drug-likeness (QED) is 0.793. The molecule has 24 heavy (non-hydrogen) atoms. The van der Waals surface area contributed by atoms with Crippen LogP contribution in [0.1, 0.15) is 17.5 Å². The molecular weight excluding hydrogens is 368 g/mol. The molecule has 4 nitrogen and oxygen atoms in total. The van der Waals surface area contributed by atoms with Crippen molar-refractivity contribution in [3.63, 3.8) is 0 Å². The molecule has 0 aromatic heterocycles. The molecular formula is C19H17BrN2O2. The number of aryl methyl sites for hydroxylation is 1. The molecule has 1 heterocycles. The standard InChI is InChI=1S/C19H17BrN2O2/c1-24-17-8-3-2-6-14(17)9-10-18-21-16(19(23)22-18)12-13-5-4-7-15(20)11-13/h2-8,11-12H,9-10H2,1H3,(H,21,22,23)/b16-12+. The zero-order valence-electron chi connectivity index (χ0n) is 13.3. The molecule has 2 aromatic rings. The third-order valence-electron chi connectivity index (χ3n) is 3.72. The van der Waals surface area contributed by atoms with Gasteiger partial charge in [0.1, 0.15) is 17.3 Å². The van der Waals surface area contributed by atoms with E-state index in [0.29, 0.717) is 18.0 Å². The van der Waals surface area contributed by atoms with Crippen molar-refractivity contribution in [3.05, 3.63) is 69.8 Å². The van der Waals surface area contributed by atoms with Crippen molar-refractivity contribution in [2.45, 2.75) is 12.8 Å². The number of hydrogen-bond donors (Lipinski definition) is 1. The van der Waals surface area contributed by atoms with Crippen LogP contribution >= 0.6 is 15.9 Å². The normalized spacial score (nSPS) is 15.3. The molecule has 1 aliphatic heterocycles. The molecule has 0 saturated heterocycles. The maximum atomic E-state index is 12.1. The maximum Gasteiger partial charge on any atom is 0.275 e. The molecule has 0 aliphatic carbocycles. The average molecular weight is 385 g/mol. The minimum absolute atomic E-state index is 0.162. The Balaban J connectivity index is 1.72. The molecule has 0 unspecified atom stereocenters. The second-order valence-corrected chi connectivity index (χ2v) is 6.32. The van der Waals surface area contributed by atoms with Crippen LogP contribution in [-0.4, -0.2) is 18.9 Å². The van der Waals surface area contributed by atoms with E-state index >= 15 is 0 Å². The lowest BCUT2D eigenvalue weighted by Gasteiger charge is -2.07. The average Bonchev–Trinajstić information content (AvgIpc) is 2.93. The summed E-state index contributed by atoms with van der Waals surface area (Å²) in [6.07, 6.45) is 3.20. The van der Waals surface area contributed by atoms with Crippen molar-refractivity contribution >= 4 is 33.7 Å². The Morgan fingerprint density at radius 1 is 1.17 bits per heavy atom. The zero-order valence-corrected chi connectivity index (χ0v) is 14.8. The molecule has 1 amide bonds. The molecule has 1 aliphatic rings. The van der Waals surface area contributed by atoms with Gasteiger partial charge in [0, 0.05) is 10.9 Å². The number of benzene rings is 2. The van der Waals surface area contributed by atoms with Crippen LogP contribution in [0.15, 0.2) is 63.7 Å². The number of amidine groups is 1. The van der Waals surface area contributed by atoms with Crippen molar-refractivity contribution in [2.24, 2.45) is 4.99 Å². The van der Waals surface area contributed by atoms with Crippen molar-refractivity contribution in [2.75, 3.05) is 7.11 Å². The van der Waals surface area contributed by atoms with E-state index < -0.39 is 0 Å². The minimum Gasteiger partial charge on any atom is -0.496 e. The lowest BCUT2D eigenvalue weighted by Crippen LogP contribution is -2.24. The fraction of sp³-hybridized carbons (Fsp3) is 0.158. The van der Waals surface area contributed by atoms with Gasteiger partial charge in [-0.2, -0.15) is 0 Å². The predicted octanol–water partition coefficient (Wildman–Crippen LogP) is 3.96. The van der Waals surface area contributed by atoms with Crippen LogP contribution in [0.5, 0.6) is 5.75 Å². The molecule has 122 valence electrons. The van der Waals surface area contributed by atoms with Gasteiger partial charge in [0.15, 0.2) is 0 Å². The number of rotatable bonds is 5. The minimum atomic E-state index is -0.162. The van der Waals surface area contributed by atoms with E-state index in [1.165, 1.54) is 0 Å². The number of methoxy groups -OCH3 is 1. The van der Waals surface area contributed by atoms with Gasteiger partial charge in [-0.3, -0.25) is 4.79 Å². The van der Waals surface area contributed by atoms with Crippen molar-refractivity contribution in [1.82, 2.24) is 5.32 Å². The smallest absolute Gasteiger partial charge is 0.275 e. The molecule has 5 heteroatoms.